The van der Waals surface area contributed by atoms with Gasteiger partial charge in [-0.25, -0.2) is 0 Å². The molecule has 0 amide bonds. The molecule has 0 aromatic heterocycles. The normalized spacial score (nSPS) is 17.2. The molecule has 0 saturated heterocycles. The molecule has 37 heavy (non-hydrogen) atoms. The first kappa shape index (κ1) is 23.5. The smallest absolute Gasteiger partial charge is 0.309 e. The van der Waals surface area contributed by atoms with Crippen molar-refractivity contribution < 1.29 is 14.5 Å². The first-order chi connectivity index (χ1) is 17.7. The molecular formula is C32H28BNO3. The summed E-state index contributed by atoms with van der Waals surface area (Å²) in [5.41, 5.74) is 5.87. The van der Waals surface area contributed by atoms with Gasteiger partial charge in [-0.1, -0.05) is 66.1 Å². The molecule has 1 spiro atoms. The van der Waals surface area contributed by atoms with E-state index in [1.807, 2.05) is 56.3 Å². The number of rotatable bonds is 4. The summed E-state index contributed by atoms with van der Waals surface area (Å²) in [5, 5.41) is 20.4. The largest absolute Gasteiger partial charge is 0.457 e. The van der Waals surface area contributed by atoms with Crippen LogP contribution in [0.3, 0.4) is 0 Å². The van der Waals surface area contributed by atoms with Gasteiger partial charge >= 0.3 is 7.48 Å². The zero-order valence-corrected chi connectivity index (χ0v) is 21.5. The first-order valence-electron chi connectivity index (χ1n) is 12.6. The minimum Gasteiger partial charge on any atom is -0.457 e. The Bertz CT molecular complexity index is 1590. The molecular weight excluding hydrogens is 457 g/mol. The summed E-state index contributed by atoms with van der Waals surface area (Å²) in [6.07, 6.45) is 0. The molecule has 1 heterocycles. The lowest BCUT2D eigenvalue weighted by Gasteiger charge is -2.40. The molecule has 1 atom stereocenters. The summed E-state index contributed by atoms with van der Waals surface area (Å²) in [6, 6.07) is 31.2. The van der Waals surface area contributed by atoms with E-state index in [0.717, 1.165) is 44.8 Å². The lowest BCUT2D eigenvalue weighted by atomic mass is 9.65. The Balaban J connectivity index is 1.61. The van der Waals surface area contributed by atoms with Crippen LogP contribution in [0.1, 0.15) is 55.5 Å². The van der Waals surface area contributed by atoms with Crippen LogP contribution in [0.2, 0.25) is 0 Å². The highest BCUT2D eigenvalue weighted by molar-refractivity contribution is 6.47. The van der Waals surface area contributed by atoms with E-state index in [-0.39, 0.29) is 0 Å². The van der Waals surface area contributed by atoms with Gasteiger partial charge in [-0.2, -0.15) is 5.26 Å². The third kappa shape index (κ3) is 3.37. The fourth-order valence-electron chi connectivity index (χ4n) is 5.55. The number of benzene rings is 4. The highest BCUT2D eigenvalue weighted by Gasteiger charge is 2.51. The quantitative estimate of drug-likeness (QED) is 0.332. The Labute approximate surface area is 218 Å². The third-order valence-corrected chi connectivity index (χ3v) is 8.21. The average Bonchev–Trinajstić information content (AvgIpc) is 3.17. The highest BCUT2D eigenvalue weighted by atomic mass is 16.5. The summed E-state index contributed by atoms with van der Waals surface area (Å²) in [6.45, 7) is 7.33. The molecule has 1 N–H and O–H groups in total. The van der Waals surface area contributed by atoms with E-state index in [2.05, 4.69) is 48.5 Å². The molecule has 6 rings (SSSR count). The number of hydrogen-bond acceptors (Lipinski definition) is 4. The van der Waals surface area contributed by atoms with Crippen LogP contribution in [0.25, 0.3) is 11.1 Å². The molecule has 4 nitrogen and oxygen atoms in total. The first-order valence-corrected chi connectivity index (χ1v) is 12.6. The van der Waals surface area contributed by atoms with E-state index in [1.54, 1.807) is 13.8 Å². The Morgan fingerprint density at radius 1 is 0.784 bits per heavy atom. The van der Waals surface area contributed by atoms with Crippen molar-refractivity contribution in [1.29, 1.82) is 5.26 Å². The number of hydrogen-bond donors (Lipinski definition) is 1. The van der Waals surface area contributed by atoms with E-state index in [0.29, 0.717) is 13.0 Å². The standard InChI is InChI=1S/C32H28BNO3/c1-30(2,35)31(3,4)37-33-21-14-16-29-27(18-21)32(25-11-7-8-12-28(25)36-29)24-10-6-5-9-22(24)23-15-13-20(19-34)17-26(23)32/h5-18,33,35H,1-4H3. The monoisotopic (exact) mass is 485 g/mol. The van der Waals surface area contributed by atoms with Crippen LogP contribution >= 0.6 is 0 Å². The Morgan fingerprint density at radius 2 is 1.46 bits per heavy atom. The van der Waals surface area contributed by atoms with Crippen molar-refractivity contribution in [1.82, 2.24) is 0 Å². The topological polar surface area (TPSA) is 62.5 Å². The molecule has 0 radical (unpaired) electrons. The minimum absolute atomic E-state index is 0.342. The maximum absolute atomic E-state index is 10.6. The number of ether oxygens (including phenoxy) is 1. The highest BCUT2D eigenvalue weighted by Crippen LogP contribution is 2.61. The molecule has 1 aliphatic heterocycles. The summed E-state index contributed by atoms with van der Waals surface area (Å²) in [4.78, 5) is 0. The van der Waals surface area contributed by atoms with Gasteiger partial charge in [0.05, 0.1) is 28.2 Å². The van der Waals surface area contributed by atoms with Crippen molar-refractivity contribution in [3.8, 4) is 28.7 Å². The second kappa shape index (κ2) is 8.08. The Morgan fingerprint density at radius 3 is 2.22 bits per heavy atom. The van der Waals surface area contributed by atoms with Gasteiger partial charge in [0.15, 0.2) is 0 Å². The second-order valence-electron chi connectivity index (χ2n) is 11.0. The molecule has 0 fully saturated rings. The lowest BCUT2D eigenvalue weighted by molar-refractivity contribution is -0.0893. The van der Waals surface area contributed by atoms with Crippen LogP contribution in [0.15, 0.2) is 84.9 Å². The third-order valence-electron chi connectivity index (χ3n) is 8.21. The molecule has 2 aliphatic rings. The fraction of sp³-hybridized carbons (Fsp3) is 0.219. The zero-order valence-electron chi connectivity index (χ0n) is 21.5. The zero-order chi connectivity index (χ0) is 26.0. The SMILES string of the molecule is CC(C)(O)C(C)(C)OBc1ccc2c(c1)C1(c3ccccc3O2)c2ccccc2-c2ccc(C#N)cc21. The van der Waals surface area contributed by atoms with Crippen LogP contribution in [-0.2, 0) is 10.1 Å². The van der Waals surface area contributed by atoms with Gasteiger partial charge in [-0.3, -0.25) is 0 Å². The molecule has 1 unspecified atom stereocenters. The van der Waals surface area contributed by atoms with E-state index in [1.165, 1.54) is 5.56 Å². The number of para-hydroxylation sites is 1. The van der Waals surface area contributed by atoms with Gasteiger partial charge in [0.25, 0.3) is 0 Å². The van der Waals surface area contributed by atoms with E-state index in [9.17, 15) is 10.4 Å². The average molecular weight is 485 g/mol. The summed E-state index contributed by atoms with van der Waals surface area (Å²) >= 11 is 0. The predicted molar refractivity (Wildman–Crippen MR) is 147 cm³/mol. The van der Waals surface area contributed by atoms with Crippen molar-refractivity contribution in [3.05, 3.63) is 113 Å². The summed E-state index contributed by atoms with van der Waals surface area (Å²) < 4.78 is 12.7. The van der Waals surface area contributed by atoms with Crippen LogP contribution in [0.5, 0.6) is 11.5 Å². The van der Waals surface area contributed by atoms with E-state index < -0.39 is 16.6 Å². The molecule has 5 heteroatoms. The second-order valence-corrected chi connectivity index (χ2v) is 11.0. The molecule has 4 aromatic carbocycles. The van der Waals surface area contributed by atoms with Gasteiger partial charge < -0.3 is 14.5 Å². The molecule has 4 aromatic rings. The van der Waals surface area contributed by atoms with Crippen LogP contribution in [0.4, 0.5) is 0 Å². The fourth-order valence-corrected chi connectivity index (χ4v) is 5.55. The van der Waals surface area contributed by atoms with Gasteiger partial charge in [0.1, 0.15) is 11.5 Å². The molecule has 1 aliphatic carbocycles. The minimum atomic E-state index is -0.999. The van der Waals surface area contributed by atoms with Gasteiger partial charge in [-0.05, 0) is 74.2 Å². The van der Waals surface area contributed by atoms with Gasteiger partial charge in [0, 0.05) is 11.1 Å². The van der Waals surface area contributed by atoms with E-state index in [4.69, 9.17) is 9.39 Å². The maximum atomic E-state index is 10.6. The van der Waals surface area contributed by atoms with Gasteiger partial charge in [-0.15, -0.1) is 0 Å². The Kier molecular flexibility index (Phi) is 5.14. The molecule has 0 saturated carbocycles. The van der Waals surface area contributed by atoms with Crippen molar-refractivity contribution in [2.45, 2.75) is 44.3 Å². The molecule has 0 bridgehead atoms. The van der Waals surface area contributed by atoms with Crippen molar-refractivity contribution in [2.24, 2.45) is 0 Å². The molecule has 182 valence electrons. The number of aliphatic hydroxyl groups is 1. The van der Waals surface area contributed by atoms with Crippen LogP contribution in [0, 0.1) is 11.3 Å². The van der Waals surface area contributed by atoms with Gasteiger partial charge in [0.2, 0.25) is 0 Å². The predicted octanol–water partition coefficient (Wildman–Crippen LogP) is 5.57. The van der Waals surface area contributed by atoms with Crippen molar-refractivity contribution >= 4 is 12.9 Å². The summed E-state index contributed by atoms with van der Waals surface area (Å²) in [5.74, 6) is 1.60. The number of nitriles is 1. The lowest BCUT2D eigenvalue weighted by Crippen LogP contribution is -2.49. The van der Waals surface area contributed by atoms with Crippen LogP contribution < -0.4 is 10.2 Å². The Hall–Kier alpha value is -3.85. The van der Waals surface area contributed by atoms with Crippen molar-refractivity contribution in [3.63, 3.8) is 0 Å². The van der Waals surface area contributed by atoms with Crippen molar-refractivity contribution in [2.75, 3.05) is 0 Å². The number of nitrogens with zero attached hydrogens (tertiary/aromatic N) is 1. The number of fused-ring (bicyclic) bond motifs is 9. The maximum Gasteiger partial charge on any atom is 0.309 e. The van der Waals surface area contributed by atoms with E-state index >= 15 is 0 Å². The van der Waals surface area contributed by atoms with Crippen LogP contribution in [-0.4, -0.2) is 23.8 Å². The summed E-state index contributed by atoms with van der Waals surface area (Å²) in [7, 11) is 0.342.